The van der Waals surface area contributed by atoms with E-state index in [1.807, 2.05) is 24.3 Å². The van der Waals surface area contributed by atoms with Crippen LogP contribution in [-0.2, 0) is 10.0 Å². The highest BCUT2D eigenvalue weighted by Gasteiger charge is 2.20. The zero-order valence-corrected chi connectivity index (χ0v) is 15.7. The molecule has 28 heavy (non-hydrogen) atoms. The molecule has 8 nitrogen and oxygen atoms in total. The van der Waals surface area contributed by atoms with E-state index in [2.05, 4.69) is 15.0 Å². The van der Waals surface area contributed by atoms with E-state index in [9.17, 15) is 8.42 Å². The number of pyridine rings is 1. The van der Waals surface area contributed by atoms with Crippen molar-refractivity contribution in [3.63, 3.8) is 0 Å². The number of ether oxygens (including phenoxy) is 3. The smallest absolute Gasteiger partial charge is 0.262 e. The van der Waals surface area contributed by atoms with E-state index in [1.54, 1.807) is 25.3 Å². The maximum atomic E-state index is 12.6. The molecule has 0 bridgehead atoms. The number of rotatable bonds is 6. The summed E-state index contributed by atoms with van der Waals surface area (Å²) in [6.45, 7) is 0.0802. The maximum absolute atomic E-state index is 12.6. The number of nitrogens with one attached hydrogen (secondary N) is 2. The molecule has 0 saturated carbocycles. The highest BCUT2D eigenvalue weighted by atomic mass is 32.2. The van der Waals surface area contributed by atoms with Gasteiger partial charge in [-0.05, 0) is 36.4 Å². The molecule has 2 aromatic carbocycles. The first-order valence-electron chi connectivity index (χ1n) is 8.34. The van der Waals surface area contributed by atoms with E-state index in [1.165, 1.54) is 18.3 Å². The number of aromatic nitrogens is 1. The molecule has 4 rings (SSSR count). The predicted octanol–water partition coefficient (Wildman–Crippen LogP) is 3.36. The van der Waals surface area contributed by atoms with Crippen LogP contribution in [0.5, 0.6) is 17.2 Å². The van der Waals surface area contributed by atoms with Gasteiger partial charge in [0.25, 0.3) is 10.0 Å². The van der Waals surface area contributed by atoms with Crippen molar-refractivity contribution in [2.75, 3.05) is 23.9 Å². The predicted molar refractivity (Wildman–Crippen MR) is 104 cm³/mol. The third-order valence-corrected chi connectivity index (χ3v) is 5.42. The standard InChI is InChI=1S/C19H17N3O5S/c1-25-16-5-3-2-4-15(16)21-19-9-6-13(11-20-19)22-28(23,24)14-7-8-17-18(10-14)27-12-26-17/h2-11,22H,12H2,1H3,(H,20,21). The Labute approximate surface area is 162 Å². The Hall–Kier alpha value is -3.46. The normalized spacial score (nSPS) is 12.5. The molecule has 0 atom stereocenters. The second-order valence-corrected chi connectivity index (χ2v) is 7.56. The first kappa shape index (κ1) is 17.9. The third kappa shape index (κ3) is 3.65. The Balaban J connectivity index is 1.49. The van der Waals surface area contributed by atoms with Gasteiger partial charge in [0.05, 0.1) is 29.6 Å². The van der Waals surface area contributed by atoms with Crippen LogP contribution in [0.15, 0.2) is 65.7 Å². The first-order chi connectivity index (χ1) is 13.5. The van der Waals surface area contributed by atoms with Crippen molar-refractivity contribution in [2.24, 2.45) is 0 Å². The number of sulfonamides is 1. The number of fused-ring (bicyclic) bond motifs is 1. The van der Waals surface area contributed by atoms with Crippen molar-refractivity contribution >= 4 is 27.2 Å². The number of nitrogens with zero attached hydrogens (tertiary/aromatic N) is 1. The molecule has 2 N–H and O–H groups in total. The maximum Gasteiger partial charge on any atom is 0.262 e. The molecule has 144 valence electrons. The lowest BCUT2D eigenvalue weighted by atomic mass is 10.3. The molecule has 0 unspecified atom stereocenters. The van der Waals surface area contributed by atoms with E-state index in [4.69, 9.17) is 14.2 Å². The van der Waals surface area contributed by atoms with Gasteiger partial charge in [-0.1, -0.05) is 12.1 Å². The van der Waals surface area contributed by atoms with E-state index in [-0.39, 0.29) is 11.7 Å². The van der Waals surface area contributed by atoms with Crippen molar-refractivity contribution in [3.05, 3.63) is 60.8 Å². The molecule has 0 spiro atoms. The minimum Gasteiger partial charge on any atom is -0.495 e. The first-order valence-corrected chi connectivity index (χ1v) is 9.82. The second-order valence-electron chi connectivity index (χ2n) is 5.88. The molecular weight excluding hydrogens is 382 g/mol. The number of hydrogen-bond donors (Lipinski definition) is 2. The number of methoxy groups -OCH3 is 1. The number of benzene rings is 2. The van der Waals surface area contributed by atoms with Crippen molar-refractivity contribution < 1.29 is 22.6 Å². The summed E-state index contributed by atoms with van der Waals surface area (Å²) in [5.74, 6) is 2.15. The zero-order chi connectivity index (χ0) is 19.6. The summed E-state index contributed by atoms with van der Waals surface area (Å²) in [4.78, 5) is 4.32. The van der Waals surface area contributed by atoms with Crippen molar-refractivity contribution in [2.45, 2.75) is 4.90 Å². The molecule has 9 heteroatoms. The van der Waals surface area contributed by atoms with Gasteiger partial charge in [0.1, 0.15) is 11.6 Å². The minimum atomic E-state index is -3.78. The minimum absolute atomic E-state index is 0.0768. The zero-order valence-electron chi connectivity index (χ0n) is 14.9. The third-order valence-electron chi connectivity index (χ3n) is 4.04. The SMILES string of the molecule is COc1ccccc1Nc1ccc(NS(=O)(=O)c2ccc3c(c2)OCO3)cn1. The lowest BCUT2D eigenvalue weighted by molar-refractivity contribution is 0.174. The molecule has 0 amide bonds. The second kappa shape index (κ2) is 7.28. The highest BCUT2D eigenvalue weighted by Crippen LogP contribution is 2.34. The summed E-state index contributed by atoms with van der Waals surface area (Å²) in [5, 5.41) is 3.13. The van der Waals surface area contributed by atoms with Gasteiger partial charge in [0.15, 0.2) is 11.5 Å². The molecule has 0 saturated heterocycles. The molecule has 0 fully saturated rings. The number of para-hydroxylation sites is 2. The Morgan fingerprint density at radius 3 is 2.64 bits per heavy atom. The van der Waals surface area contributed by atoms with E-state index in [0.717, 1.165) is 5.69 Å². The van der Waals surface area contributed by atoms with Gasteiger partial charge in [-0.3, -0.25) is 4.72 Å². The van der Waals surface area contributed by atoms with Crippen LogP contribution in [0.3, 0.4) is 0 Å². The Kier molecular flexibility index (Phi) is 4.66. The van der Waals surface area contributed by atoms with Crippen LogP contribution < -0.4 is 24.2 Å². The topological polar surface area (TPSA) is 98.8 Å². The molecule has 0 aliphatic carbocycles. The molecule has 0 radical (unpaired) electrons. The van der Waals surface area contributed by atoms with Crippen LogP contribution >= 0.6 is 0 Å². The number of anilines is 3. The summed E-state index contributed by atoms with van der Waals surface area (Å²) in [6.07, 6.45) is 1.43. The summed E-state index contributed by atoms with van der Waals surface area (Å²) < 4.78 is 43.4. The highest BCUT2D eigenvalue weighted by molar-refractivity contribution is 7.92. The fourth-order valence-corrected chi connectivity index (χ4v) is 3.73. The average molecular weight is 399 g/mol. The largest absolute Gasteiger partial charge is 0.495 e. The molecular formula is C19H17N3O5S. The summed E-state index contributed by atoms with van der Waals surface area (Å²) >= 11 is 0. The Morgan fingerprint density at radius 1 is 1.04 bits per heavy atom. The fraction of sp³-hybridized carbons (Fsp3) is 0.105. The van der Waals surface area contributed by atoms with Crippen LogP contribution in [0.2, 0.25) is 0 Å². The quantitative estimate of drug-likeness (QED) is 0.656. The van der Waals surface area contributed by atoms with E-state index >= 15 is 0 Å². The van der Waals surface area contributed by atoms with Crippen LogP contribution in [-0.4, -0.2) is 27.3 Å². The molecule has 3 aromatic rings. The molecule has 1 aliphatic heterocycles. The fourth-order valence-electron chi connectivity index (χ4n) is 2.67. The lowest BCUT2D eigenvalue weighted by Crippen LogP contribution is -2.13. The van der Waals surface area contributed by atoms with Crippen LogP contribution in [0.1, 0.15) is 0 Å². The number of hydrogen-bond acceptors (Lipinski definition) is 7. The Morgan fingerprint density at radius 2 is 1.86 bits per heavy atom. The van der Waals surface area contributed by atoms with Crippen LogP contribution in [0.25, 0.3) is 0 Å². The van der Waals surface area contributed by atoms with Crippen molar-refractivity contribution in [1.82, 2.24) is 4.98 Å². The Bertz CT molecular complexity index is 1100. The molecule has 1 aromatic heterocycles. The molecule has 1 aliphatic rings. The monoisotopic (exact) mass is 399 g/mol. The van der Waals surface area contributed by atoms with Crippen LogP contribution in [0, 0.1) is 0 Å². The van der Waals surface area contributed by atoms with Gasteiger partial charge in [0.2, 0.25) is 6.79 Å². The van der Waals surface area contributed by atoms with Gasteiger partial charge in [-0.25, -0.2) is 13.4 Å². The van der Waals surface area contributed by atoms with Crippen molar-refractivity contribution in [3.8, 4) is 17.2 Å². The van der Waals surface area contributed by atoms with E-state index in [0.29, 0.717) is 28.8 Å². The lowest BCUT2D eigenvalue weighted by Gasteiger charge is -2.11. The van der Waals surface area contributed by atoms with E-state index < -0.39 is 10.0 Å². The summed E-state index contributed by atoms with van der Waals surface area (Å²) in [6, 6.07) is 15.2. The van der Waals surface area contributed by atoms with Gasteiger partial charge in [-0.2, -0.15) is 0 Å². The van der Waals surface area contributed by atoms with Gasteiger partial charge >= 0.3 is 0 Å². The average Bonchev–Trinajstić information content (AvgIpc) is 3.17. The van der Waals surface area contributed by atoms with Crippen LogP contribution in [0.4, 0.5) is 17.2 Å². The molecule has 2 heterocycles. The van der Waals surface area contributed by atoms with Gasteiger partial charge in [-0.15, -0.1) is 0 Å². The summed E-state index contributed by atoms with van der Waals surface area (Å²) in [7, 11) is -2.20. The van der Waals surface area contributed by atoms with Gasteiger partial charge < -0.3 is 19.5 Å². The van der Waals surface area contributed by atoms with Crippen molar-refractivity contribution in [1.29, 1.82) is 0 Å². The van der Waals surface area contributed by atoms with Gasteiger partial charge in [0, 0.05) is 6.07 Å². The summed E-state index contributed by atoms with van der Waals surface area (Å²) in [5.41, 5.74) is 1.09.